The first-order chi connectivity index (χ1) is 8.97. The van der Waals surface area contributed by atoms with Crippen LogP contribution in [0.15, 0.2) is 29.2 Å². The summed E-state index contributed by atoms with van der Waals surface area (Å²) < 4.78 is 26.8. The Bertz CT molecular complexity index is 527. The van der Waals surface area contributed by atoms with Crippen LogP contribution in [0, 0.1) is 11.8 Å². The van der Waals surface area contributed by atoms with Gasteiger partial charge in [-0.05, 0) is 42.9 Å². The van der Waals surface area contributed by atoms with E-state index >= 15 is 0 Å². The molecule has 19 heavy (non-hydrogen) atoms. The first-order valence-corrected chi connectivity index (χ1v) is 8.24. The quantitative estimate of drug-likeness (QED) is 0.892. The number of sulfonamides is 1. The number of rotatable bonds is 4. The van der Waals surface area contributed by atoms with Crippen LogP contribution in [0.2, 0.25) is 0 Å². The molecule has 0 aromatic heterocycles. The number of benzene rings is 1. The minimum absolute atomic E-state index is 0.0332. The Morgan fingerprint density at radius 1 is 1.37 bits per heavy atom. The highest BCUT2D eigenvalue weighted by Gasteiger charge is 2.21. The van der Waals surface area contributed by atoms with Gasteiger partial charge in [-0.3, -0.25) is 0 Å². The normalized spacial score (nSPS) is 24.3. The van der Waals surface area contributed by atoms with Gasteiger partial charge in [-0.2, -0.15) is 0 Å². The number of hydrogen-bond donors (Lipinski definition) is 2. The number of nitrogens with one attached hydrogen (secondary N) is 1. The Hall–Kier alpha value is -1.07. The molecule has 0 saturated heterocycles. The van der Waals surface area contributed by atoms with E-state index in [1.807, 2.05) is 0 Å². The SMILES string of the molecule is CC1CCCC(CNS(=O)(=O)c2cccc(O)c2)C1. The maximum Gasteiger partial charge on any atom is 0.240 e. The summed E-state index contributed by atoms with van der Waals surface area (Å²) in [6.07, 6.45) is 4.60. The third kappa shape index (κ3) is 3.94. The molecule has 2 rings (SSSR count). The summed E-state index contributed by atoms with van der Waals surface area (Å²) in [6, 6.07) is 5.76. The van der Waals surface area contributed by atoms with E-state index in [9.17, 15) is 13.5 Å². The molecule has 0 amide bonds. The predicted octanol–water partition coefficient (Wildman–Crippen LogP) is 2.50. The zero-order valence-electron chi connectivity index (χ0n) is 11.2. The fraction of sp³-hybridized carbons (Fsp3) is 0.571. The second-order valence-electron chi connectivity index (χ2n) is 5.49. The molecule has 0 radical (unpaired) electrons. The molecule has 5 heteroatoms. The van der Waals surface area contributed by atoms with Crippen molar-refractivity contribution in [1.29, 1.82) is 0 Å². The third-order valence-electron chi connectivity index (χ3n) is 3.73. The third-order valence-corrected chi connectivity index (χ3v) is 5.16. The summed E-state index contributed by atoms with van der Waals surface area (Å²) in [5, 5.41) is 9.34. The van der Waals surface area contributed by atoms with Crippen LogP contribution in [0.3, 0.4) is 0 Å². The van der Waals surface area contributed by atoms with E-state index in [0.29, 0.717) is 18.4 Å². The van der Waals surface area contributed by atoms with Gasteiger partial charge in [-0.25, -0.2) is 13.1 Å². The average molecular weight is 283 g/mol. The highest BCUT2D eigenvalue weighted by Crippen LogP contribution is 2.28. The molecule has 0 bridgehead atoms. The zero-order valence-corrected chi connectivity index (χ0v) is 12.0. The monoisotopic (exact) mass is 283 g/mol. The van der Waals surface area contributed by atoms with Crippen molar-refractivity contribution in [2.24, 2.45) is 11.8 Å². The molecule has 1 saturated carbocycles. The topological polar surface area (TPSA) is 66.4 Å². The molecule has 106 valence electrons. The molecular formula is C14H21NO3S. The highest BCUT2D eigenvalue weighted by atomic mass is 32.2. The van der Waals surface area contributed by atoms with Gasteiger partial charge in [0.2, 0.25) is 10.0 Å². The van der Waals surface area contributed by atoms with Crippen molar-refractivity contribution >= 4 is 10.0 Å². The van der Waals surface area contributed by atoms with Gasteiger partial charge in [0.1, 0.15) is 5.75 Å². The van der Waals surface area contributed by atoms with Gasteiger partial charge in [-0.1, -0.05) is 25.8 Å². The maximum atomic E-state index is 12.1. The Kier molecular flexibility index (Phi) is 4.47. The van der Waals surface area contributed by atoms with Gasteiger partial charge < -0.3 is 5.11 Å². The van der Waals surface area contributed by atoms with E-state index in [0.717, 1.165) is 12.8 Å². The molecule has 0 aliphatic heterocycles. The van der Waals surface area contributed by atoms with Crippen molar-refractivity contribution < 1.29 is 13.5 Å². The standard InChI is InChI=1S/C14H21NO3S/c1-11-4-2-5-12(8-11)10-15-19(17,18)14-7-3-6-13(16)9-14/h3,6-7,9,11-12,15-16H,2,4-5,8,10H2,1H3. The summed E-state index contributed by atoms with van der Waals surface area (Å²) >= 11 is 0. The van der Waals surface area contributed by atoms with Crippen LogP contribution in [-0.2, 0) is 10.0 Å². The van der Waals surface area contributed by atoms with Crippen molar-refractivity contribution in [1.82, 2.24) is 4.72 Å². The van der Waals surface area contributed by atoms with Crippen molar-refractivity contribution in [2.45, 2.75) is 37.5 Å². The lowest BCUT2D eigenvalue weighted by Crippen LogP contribution is -2.31. The van der Waals surface area contributed by atoms with Crippen LogP contribution < -0.4 is 4.72 Å². The van der Waals surface area contributed by atoms with Crippen molar-refractivity contribution in [3.05, 3.63) is 24.3 Å². The van der Waals surface area contributed by atoms with E-state index in [2.05, 4.69) is 11.6 Å². The first-order valence-electron chi connectivity index (χ1n) is 6.76. The van der Waals surface area contributed by atoms with E-state index < -0.39 is 10.0 Å². The minimum Gasteiger partial charge on any atom is -0.508 e. The molecule has 1 fully saturated rings. The number of phenols is 1. The molecule has 2 atom stereocenters. The zero-order chi connectivity index (χ0) is 13.9. The van der Waals surface area contributed by atoms with Gasteiger partial charge in [0.05, 0.1) is 4.90 Å². The summed E-state index contributed by atoms with van der Waals surface area (Å²) in [5.74, 6) is 1.08. The Labute approximate surface area is 114 Å². The van der Waals surface area contributed by atoms with Gasteiger partial charge in [0.25, 0.3) is 0 Å². The van der Waals surface area contributed by atoms with Crippen molar-refractivity contribution in [3.8, 4) is 5.75 Å². The lowest BCUT2D eigenvalue weighted by molar-refractivity contribution is 0.283. The summed E-state index contributed by atoms with van der Waals surface area (Å²) in [7, 11) is -3.51. The van der Waals surface area contributed by atoms with Crippen LogP contribution in [0.5, 0.6) is 5.75 Å². The molecule has 2 N–H and O–H groups in total. The molecule has 1 aliphatic carbocycles. The van der Waals surface area contributed by atoms with Crippen LogP contribution in [0.4, 0.5) is 0 Å². The number of hydrogen-bond acceptors (Lipinski definition) is 3. The largest absolute Gasteiger partial charge is 0.508 e. The molecule has 1 aromatic rings. The second-order valence-corrected chi connectivity index (χ2v) is 7.25. The maximum absolute atomic E-state index is 12.1. The van der Waals surface area contributed by atoms with Crippen LogP contribution >= 0.6 is 0 Å². The summed E-state index contributed by atoms with van der Waals surface area (Å²) in [6.45, 7) is 2.71. The van der Waals surface area contributed by atoms with Crippen LogP contribution in [-0.4, -0.2) is 20.1 Å². The molecule has 1 aliphatic rings. The molecule has 2 unspecified atom stereocenters. The minimum atomic E-state index is -3.51. The van der Waals surface area contributed by atoms with Gasteiger partial charge in [0.15, 0.2) is 0 Å². The Morgan fingerprint density at radius 2 is 2.16 bits per heavy atom. The van der Waals surface area contributed by atoms with Crippen molar-refractivity contribution in [3.63, 3.8) is 0 Å². The van der Waals surface area contributed by atoms with Gasteiger partial charge >= 0.3 is 0 Å². The van der Waals surface area contributed by atoms with Crippen LogP contribution in [0.25, 0.3) is 0 Å². The fourth-order valence-corrected chi connectivity index (χ4v) is 3.86. The summed E-state index contributed by atoms with van der Waals surface area (Å²) in [4.78, 5) is 0.122. The Morgan fingerprint density at radius 3 is 2.84 bits per heavy atom. The molecule has 1 aromatic carbocycles. The van der Waals surface area contributed by atoms with E-state index in [1.165, 1.54) is 37.1 Å². The second kappa shape index (κ2) is 5.92. The van der Waals surface area contributed by atoms with E-state index in [4.69, 9.17) is 0 Å². The first kappa shape index (κ1) is 14.3. The molecule has 4 nitrogen and oxygen atoms in total. The lowest BCUT2D eigenvalue weighted by atomic mass is 9.83. The van der Waals surface area contributed by atoms with Crippen molar-refractivity contribution in [2.75, 3.05) is 6.54 Å². The molecule has 0 heterocycles. The van der Waals surface area contributed by atoms with Gasteiger partial charge in [-0.15, -0.1) is 0 Å². The fourth-order valence-electron chi connectivity index (χ4n) is 2.71. The number of phenolic OH excluding ortho intramolecular Hbond substituents is 1. The van der Waals surface area contributed by atoms with Crippen LogP contribution in [0.1, 0.15) is 32.6 Å². The predicted molar refractivity (Wildman–Crippen MR) is 74.4 cm³/mol. The summed E-state index contributed by atoms with van der Waals surface area (Å²) in [5.41, 5.74) is 0. The average Bonchev–Trinajstić information content (AvgIpc) is 2.37. The highest BCUT2D eigenvalue weighted by molar-refractivity contribution is 7.89. The lowest BCUT2D eigenvalue weighted by Gasteiger charge is -2.26. The molecule has 0 spiro atoms. The Balaban J connectivity index is 1.98. The van der Waals surface area contributed by atoms with E-state index in [-0.39, 0.29) is 10.6 Å². The number of aromatic hydroxyl groups is 1. The van der Waals surface area contributed by atoms with E-state index in [1.54, 1.807) is 0 Å². The van der Waals surface area contributed by atoms with Gasteiger partial charge in [0, 0.05) is 6.54 Å². The smallest absolute Gasteiger partial charge is 0.240 e. The molecular weight excluding hydrogens is 262 g/mol.